The maximum absolute atomic E-state index is 11.8. The molecule has 1 N–H and O–H groups in total. The average Bonchev–Trinajstić information content (AvgIpc) is 2.48. The summed E-state index contributed by atoms with van der Waals surface area (Å²) in [6.45, 7) is 0.310. The predicted octanol–water partition coefficient (Wildman–Crippen LogP) is 2.87. The van der Waals surface area contributed by atoms with Crippen LogP contribution in [0.4, 0.5) is 0 Å². The lowest BCUT2D eigenvalue weighted by Crippen LogP contribution is -2.23. The minimum Gasteiger partial charge on any atom is -0.261 e. The van der Waals surface area contributed by atoms with Gasteiger partial charge in [0, 0.05) is 35.3 Å². The molecule has 21 heavy (non-hydrogen) atoms. The summed E-state index contributed by atoms with van der Waals surface area (Å²) >= 11 is 5.77. The lowest BCUT2D eigenvalue weighted by molar-refractivity contribution is 0.590. The maximum atomic E-state index is 11.8. The predicted molar refractivity (Wildman–Crippen MR) is 85.3 cm³/mol. The van der Waals surface area contributed by atoms with Gasteiger partial charge in [0.15, 0.2) is 0 Å². The number of aromatic nitrogens is 1. The molecule has 0 spiro atoms. The Kier molecular flexibility index (Phi) is 5.50. The number of halogens is 1. The molecule has 0 bridgehead atoms. The molecule has 0 fully saturated rings. The molecule has 1 heterocycles. The molecule has 2 rings (SSSR count). The summed E-state index contributed by atoms with van der Waals surface area (Å²) in [6, 6.07) is 12.5. The number of nitrogens with zero attached hydrogens (tertiary/aromatic N) is 1. The maximum Gasteiger partial charge on any atom is 0.233 e. The van der Waals surface area contributed by atoms with E-state index in [1.165, 1.54) is 6.08 Å². The second-order valence-corrected chi connectivity index (χ2v) is 6.45. The van der Waals surface area contributed by atoms with Crippen LogP contribution in [0.2, 0.25) is 5.02 Å². The third-order valence-electron chi connectivity index (χ3n) is 2.72. The summed E-state index contributed by atoms with van der Waals surface area (Å²) < 4.78 is 26.1. The van der Waals surface area contributed by atoms with E-state index in [0.29, 0.717) is 18.0 Å². The summed E-state index contributed by atoms with van der Waals surface area (Å²) in [6.07, 6.45) is 3.76. The van der Waals surface area contributed by atoms with E-state index in [4.69, 9.17) is 11.6 Å². The molecule has 110 valence electrons. The molecule has 6 heteroatoms. The van der Waals surface area contributed by atoms with Crippen molar-refractivity contribution in [2.45, 2.75) is 6.42 Å². The number of hydrogen-bond acceptors (Lipinski definition) is 3. The molecule has 0 radical (unpaired) electrons. The molecule has 0 unspecified atom stereocenters. The molecule has 0 atom stereocenters. The number of rotatable bonds is 6. The Morgan fingerprint density at radius 2 is 1.90 bits per heavy atom. The van der Waals surface area contributed by atoms with Crippen molar-refractivity contribution < 1.29 is 8.42 Å². The van der Waals surface area contributed by atoms with Gasteiger partial charge in [-0.2, -0.15) is 0 Å². The van der Waals surface area contributed by atoms with Gasteiger partial charge in [0.05, 0.1) is 0 Å². The van der Waals surface area contributed by atoms with Crippen molar-refractivity contribution in [3.63, 3.8) is 0 Å². The van der Waals surface area contributed by atoms with Crippen molar-refractivity contribution in [2.24, 2.45) is 0 Å². The second-order valence-electron chi connectivity index (χ2n) is 4.36. The molecular formula is C15H15ClN2O2S. The van der Waals surface area contributed by atoms with E-state index in [1.54, 1.807) is 30.5 Å². The zero-order valence-corrected chi connectivity index (χ0v) is 12.8. The smallest absolute Gasteiger partial charge is 0.233 e. The molecule has 1 aromatic carbocycles. The van der Waals surface area contributed by atoms with E-state index in [9.17, 15) is 8.42 Å². The molecule has 0 amide bonds. The topological polar surface area (TPSA) is 59.1 Å². The lowest BCUT2D eigenvalue weighted by atomic mass is 10.2. The highest BCUT2D eigenvalue weighted by Crippen LogP contribution is 2.11. The summed E-state index contributed by atoms with van der Waals surface area (Å²) in [5.74, 6) is 0. The van der Waals surface area contributed by atoms with Gasteiger partial charge in [-0.05, 0) is 35.9 Å². The average molecular weight is 323 g/mol. The summed E-state index contributed by atoms with van der Waals surface area (Å²) in [4.78, 5) is 4.13. The lowest BCUT2D eigenvalue weighted by Gasteiger charge is -2.02. The first-order valence-corrected chi connectivity index (χ1v) is 8.31. The monoisotopic (exact) mass is 322 g/mol. The van der Waals surface area contributed by atoms with Crippen LogP contribution < -0.4 is 4.72 Å². The van der Waals surface area contributed by atoms with Crippen LogP contribution in [-0.2, 0) is 16.4 Å². The first-order chi connectivity index (χ1) is 10.1. The van der Waals surface area contributed by atoms with Crippen molar-refractivity contribution >= 4 is 27.7 Å². The number of nitrogens with one attached hydrogen (secondary N) is 1. The summed E-state index contributed by atoms with van der Waals surface area (Å²) in [5.41, 5.74) is 1.62. The van der Waals surface area contributed by atoms with Gasteiger partial charge in [0.2, 0.25) is 10.0 Å². The van der Waals surface area contributed by atoms with Gasteiger partial charge in [-0.15, -0.1) is 0 Å². The molecule has 0 aliphatic carbocycles. The Bertz CT molecular complexity index is 698. The SMILES string of the molecule is O=S(=O)(C=Cc1ccc(Cl)cc1)NCCc1ccccn1. The van der Waals surface area contributed by atoms with Gasteiger partial charge < -0.3 is 0 Å². The minimum absolute atomic E-state index is 0.310. The fraction of sp³-hybridized carbons (Fsp3) is 0.133. The van der Waals surface area contributed by atoms with Gasteiger partial charge in [-0.25, -0.2) is 13.1 Å². The molecular weight excluding hydrogens is 308 g/mol. The Hall–Kier alpha value is -1.69. The highest BCUT2D eigenvalue weighted by atomic mass is 35.5. The normalized spacial score (nSPS) is 11.9. The third-order valence-corrected chi connectivity index (χ3v) is 4.07. The van der Waals surface area contributed by atoms with E-state index in [-0.39, 0.29) is 0 Å². The highest BCUT2D eigenvalue weighted by Gasteiger charge is 2.04. The molecule has 4 nitrogen and oxygen atoms in total. The van der Waals surface area contributed by atoms with E-state index >= 15 is 0 Å². The molecule has 0 saturated heterocycles. The first kappa shape index (κ1) is 15.7. The van der Waals surface area contributed by atoms with Crippen molar-refractivity contribution in [1.29, 1.82) is 0 Å². The number of pyridine rings is 1. The molecule has 0 aliphatic rings. The highest BCUT2D eigenvalue weighted by molar-refractivity contribution is 7.92. The molecule has 2 aromatic rings. The number of sulfonamides is 1. The van der Waals surface area contributed by atoms with Crippen molar-refractivity contribution in [2.75, 3.05) is 6.54 Å². The standard InChI is InChI=1S/C15H15ClN2O2S/c16-14-6-4-13(5-7-14)9-12-21(19,20)18-11-8-15-3-1-2-10-17-15/h1-7,9-10,12,18H,8,11H2. The van der Waals surface area contributed by atoms with Crippen LogP contribution in [0.5, 0.6) is 0 Å². The van der Waals surface area contributed by atoms with Gasteiger partial charge in [0.1, 0.15) is 0 Å². The zero-order chi connectivity index (χ0) is 15.1. The third kappa shape index (κ3) is 5.67. The molecule has 0 saturated carbocycles. The molecule has 1 aromatic heterocycles. The fourth-order valence-corrected chi connectivity index (χ4v) is 2.60. The van der Waals surface area contributed by atoms with Crippen LogP contribution in [-0.4, -0.2) is 19.9 Å². The van der Waals surface area contributed by atoms with E-state index in [2.05, 4.69) is 9.71 Å². The molecule has 0 aliphatic heterocycles. The van der Waals surface area contributed by atoms with Gasteiger partial charge in [-0.3, -0.25) is 4.98 Å². The van der Waals surface area contributed by atoms with Crippen LogP contribution in [0.1, 0.15) is 11.3 Å². The Labute approximate surface area is 129 Å². The van der Waals surface area contributed by atoms with Crippen LogP contribution in [0.25, 0.3) is 6.08 Å². The Balaban J connectivity index is 1.88. The largest absolute Gasteiger partial charge is 0.261 e. The van der Waals surface area contributed by atoms with Crippen LogP contribution in [0, 0.1) is 0 Å². The van der Waals surface area contributed by atoms with Crippen molar-refractivity contribution in [3.05, 3.63) is 70.3 Å². The van der Waals surface area contributed by atoms with Crippen LogP contribution in [0.15, 0.2) is 54.1 Å². The Morgan fingerprint density at radius 3 is 2.57 bits per heavy atom. The van der Waals surface area contributed by atoms with E-state index in [1.807, 2.05) is 18.2 Å². The van der Waals surface area contributed by atoms with Crippen LogP contribution >= 0.6 is 11.6 Å². The van der Waals surface area contributed by atoms with Crippen molar-refractivity contribution in [1.82, 2.24) is 9.71 Å². The Morgan fingerprint density at radius 1 is 1.14 bits per heavy atom. The number of benzene rings is 1. The number of hydrogen-bond donors (Lipinski definition) is 1. The van der Waals surface area contributed by atoms with E-state index in [0.717, 1.165) is 16.7 Å². The van der Waals surface area contributed by atoms with Gasteiger partial charge in [0.25, 0.3) is 0 Å². The van der Waals surface area contributed by atoms with Gasteiger partial charge >= 0.3 is 0 Å². The minimum atomic E-state index is -3.45. The quantitative estimate of drug-likeness (QED) is 0.889. The van der Waals surface area contributed by atoms with Gasteiger partial charge in [-0.1, -0.05) is 29.8 Å². The van der Waals surface area contributed by atoms with E-state index < -0.39 is 10.0 Å². The summed E-state index contributed by atoms with van der Waals surface area (Å²) in [5, 5.41) is 1.76. The van der Waals surface area contributed by atoms with Crippen LogP contribution in [0.3, 0.4) is 0 Å². The van der Waals surface area contributed by atoms with Crippen molar-refractivity contribution in [3.8, 4) is 0 Å². The summed E-state index contributed by atoms with van der Waals surface area (Å²) in [7, 11) is -3.45. The zero-order valence-electron chi connectivity index (χ0n) is 11.2. The second kappa shape index (κ2) is 7.36. The fourth-order valence-electron chi connectivity index (χ4n) is 1.66. The first-order valence-electron chi connectivity index (χ1n) is 6.38.